The van der Waals surface area contributed by atoms with Crippen molar-refractivity contribution in [3.63, 3.8) is 0 Å². The molecule has 8 heteroatoms. The van der Waals surface area contributed by atoms with Crippen molar-refractivity contribution >= 4 is 29.0 Å². The normalized spacial score (nSPS) is 14.4. The molecule has 0 saturated heterocycles. The van der Waals surface area contributed by atoms with Crippen LogP contribution in [-0.2, 0) is 11.4 Å². The number of benzene rings is 4. The molecule has 0 bridgehead atoms. The van der Waals surface area contributed by atoms with E-state index in [4.69, 9.17) is 9.73 Å². The maximum atomic E-state index is 14.1. The minimum Gasteiger partial charge on any atom is -0.489 e. The highest BCUT2D eigenvalue weighted by Gasteiger charge is 2.32. The molecule has 0 aliphatic carbocycles. The first-order chi connectivity index (χ1) is 22.3. The smallest absolute Gasteiger partial charge is 0.271 e. The summed E-state index contributed by atoms with van der Waals surface area (Å²) in [5.41, 5.74) is 5.69. The molecule has 1 atom stereocenters. The predicted molar refractivity (Wildman–Crippen MR) is 181 cm³/mol. The fourth-order valence-corrected chi connectivity index (χ4v) is 6.48. The number of rotatable bonds is 8. The minimum absolute atomic E-state index is 0.215. The zero-order valence-corrected chi connectivity index (χ0v) is 26.5. The van der Waals surface area contributed by atoms with E-state index < -0.39 is 6.04 Å². The number of allylic oxidation sites excluding steroid dienone is 1. The summed E-state index contributed by atoms with van der Waals surface area (Å²) in [6.07, 6.45) is 1.83. The monoisotopic (exact) mass is 624 g/mol. The molecular weight excluding hydrogens is 593 g/mol. The summed E-state index contributed by atoms with van der Waals surface area (Å²) in [4.78, 5) is 33.2. The number of nitrogens with one attached hydrogen (secondary N) is 1. The molecule has 46 heavy (non-hydrogen) atoms. The molecule has 1 amide bonds. The summed E-state index contributed by atoms with van der Waals surface area (Å²) >= 11 is 1.30. The maximum Gasteiger partial charge on any atom is 0.271 e. The average Bonchev–Trinajstić information content (AvgIpc) is 3.37. The van der Waals surface area contributed by atoms with E-state index in [1.165, 1.54) is 16.9 Å². The van der Waals surface area contributed by atoms with E-state index in [-0.39, 0.29) is 18.1 Å². The summed E-state index contributed by atoms with van der Waals surface area (Å²) in [5, 5.41) is 12.3. The number of carbonyl (C=O) groups excluding carboxylic acids is 1. The number of ether oxygens (including phenoxy) is 1. The summed E-state index contributed by atoms with van der Waals surface area (Å²) < 4.78 is 8.07. The Morgan fingerprint density at radius 3 is 2.39 bits per heavy atom. The molecule has 0 unspecified atom stereocenters. The SMILES string of the molecule is CC1=C(C(=O)Nc2ccccc2)[C@H](c2ccc(C(C)C)cc2)n2c(s/c(=C/c3ccc(OCc4ccccc4C#N)cc3)c2=O)=N1. The third kappa shape index (κ3) is 6.32. The van der Waals surface area contributed by atoms with Gasteiger partial charge in [0.25, 0.3) is 11.5 Å². The van der Waals surface area contributed by atoms with Crippen LogP contribution >= 0.6 is 11.3 Å². The molecule has 0 spiro atoms. The lowest BCUT2D eigenvalue weighted by Crippen LogP contribution is -2.40. The molecule has 5 aromatic rings. The van der Waals surface area contributed by atoms with Crippen LogP contribution < -0.4 is 24.9 Å². The number of hydrogen-bond acceptors (Lipinski definition) is 6. The molecule has 6 rings (SSSR count). The topological polar surface area (TPSA) is 96.5 Å². The minimum atomic E-state index is -0.643. The van der Waals surface area contributed by atoms with Crippen molar-refractivity contribution in [2.45, 2.75) is 39.3 Å². The van der Waals surface area contributed by atoms with E-state index in [1.807, 2.05) is 97.9 Å². The van der Waals surface area contributed by atoms with Gasteiger partial charge in [-0.25, -0.2) is 4.99 Å². The Bertz CT molecular complexity index is 2150. The summed E-state index contributed by atoms with van der Waals surface area (Å²) in [6.45, 7) is 6.36. The highest BCUT2D eigenvalue weighted by Crippen LogP contribution is 2.31. The van der Waals surface area contributed by atoms with Gasteiger partial charge in [-0.05, 0) is 65.9 Å². The van der Waals surface area contributed by atoms with Crippen LogP contribution in [0.5, 0.6) is 5.75 Å². The van der Waals surface area contributed by atoms with Crippen molar-refractivity contribution in [3.8, 4) is 11.8 Å². The van der Waals surface area contributed by atoms with Crippen molar-refractivity contribution < 1.29 is 9.53 Å². The summed E-state index contributed by atoms with van der Waals surface area (Å²) in [7, 11) is 0. The van der Waals surface area contributed by atoms with E-state index in [0.717, 1.165) is 16.7 Å². The molecule has 1 aromatic heterocycles. The largest absolute Gasteiger partial charge is 0.489 e. The third-order valence-electron chi connectivity index (χ3n) is 7.93. The second-order valence-corrected chi connectivity index (χ2v) is 12.4. The zero-order valence-electron chi connectivity index (χ0n) is 25.7. The number of fused-ring (bicyclic) bond motifs is 1. The van der Waals surface area contributed by atoms with Gasteiger partial charge in [-0.1, -0.05) is 98.0 Å². The van der Waals surface area contributed by atoms with Crippen LogP contribution in [0.4, 0.5) is 5.69 Å². The first-order valence-corrected chi connectivity index (χ1v) is 15.8. The van der Waals surface area contributed by atoms with Crippen LogP contribution in [0.3, 0.4) is 0 Å². The second-order valence-electron chi connectivity index (χ2n) is 11.3. The van der Waals surface area contributed by atoms with Crippen LogP contribution in [-0.4, -0.2) is 10.5 Å². The number of hydrogen-bond donors (Lipinski definition) is 1. The highest BCUT2D eigenvalue weighted by molar-refractivity contribution is 7.07. The van der Waals surface area contributed by atoms with Gasteiger partial charge in [0, 0.05) is 11.3 Å². The van der Waals surface area contributed by atoms with E-state index >= 15 is 0 Å². The Labute approximate surface area is 271 Å². The van der Waals surface area contributed by atoms with E-state index in [9.17, 15) is 14.9 Å². The van der Waals surface area contributed by atoms with Gasteiger partial charge >= 0.3 is 0 Å². The van der Waals surface area contributed by atoms with Crippen LogP contribution in [0.2, 0.25) is 0 Å². The highest BCUT2D eigenvalue weighted by atomic mass is 32.1. The van der Waals surface area contributed by atoms with Gasteiger partial charge < -0.3 is 10.1 Å². The Morgan fingerprint density at radius 1 is 1.00 bits per heavy atom. The van der Waals surface area contributed by atoms with Crippen molar-refractivity contribution in [3.05, 3.63) is 162 Å². The molecule has 2 heterocycles. The molecule has 7 nitrogen and oxygen atoms in total. The fourth-order valence-electron chi connectivity index (χ4n) is 5.44. The Balaban J connectivity index is 1.35. The van der Waals surface area contributed by atoms with Gasteiger partial charge in [0.05, 0.1) is 33.5 Å². The lowest BCUT2D eigenvalue weighted by Gasteiger charge is -2.25. The molecule has 1 N–H and O–H groups in total. The molecule has 1 aliphatic rings. The van der Waals surface area contributed by atoms with Gasteiger partial charge in [-0.15, -0.1) is 0 Å². The molecule has 0 saturated carbocycles. The van der Waals surface area contributed by atoms with Crippen molar-refractivity contribution in [2.75, 3.05) is 5.32 Å². The number of amides is 1. The van der Waals surface area contributed by atoms with Crippen LogP contribution in [0.1, 0.15) is 60.5 Å². The third-order valence-corrected chi connectivity index (χ3v) is 8.91. The Hall–Kier alpha value is -5.52. The van der Waals surface area contributed by atoms with Gasteiger partial charge in [-0.2, -0.15) is 5.26 Å². The number of anilines is 1. The Morgan fingerprint density at radius 2 is 1.70 bits per heavy atom. The van der Waals surface area contributed by atoms with Crippen molar-refractivity contribution in [1.29, 1.82) is 5.26 Å². The van der Waals surface area contributed by atoms with E-state index in [0.29, 0.717) is 43.5 Å². The van der Waals surface area contributed by atoms with E-state index in [2.05, 4.69) is 37.4 Å². The van der Waals surface area contributed by atoms with Gasteiger partial charge in [0.2, 0.25) is 0 Å². The quantitative estimate of drug-likeness (QED) is 0.215. The number of carbonyl (C=O) groups is 1. The lowest BCUT2D eigenvalue weighted by atomic mass is 9.93. The molecule has 1 aliphatic heterocycles. The predicted octanol–water partition coefficient (Wildman–Crippen LogP) is 6.45. The number of aromatic nitrogens is 1. The lowest BCUT2D eigenvalue weighted by molar-refractivity contribution is -0.113. The number of nitriles is 1. The number of para-hydroxylation sites is 1. The maximum absolute atomic E-state index is 14.1. The fraction of sp³-hybridized carbons (Fsp3) is 0.158. The molecule has 4 aromatic carbocycles. The van der Waals surface area contributed by atoms with Gasteiger partial charge in [0.1, 0.15) is 12.4 Å². The summed E-state index contributed by atoms with van der Waals surface area (Å²) in [6, 6.07) is 33.7. The number of thiazole rings is 1. The molecular formula is C38H32N4O3S. The molecule has 0 fully saturated rings. The van der Waals surface area contributed by atoms with Crippen molar-refractivity contribution in [1.82, 2.24) is 4.57 Å². The van der Waals surface area contributed by atoms with E-state index in [1.54, 1.807) is 10.6 Å². The average molecular weight is 625 g/mol. The zero-order chi connectivity index (χ0) is 32.2. The van der Waals surface area contributed by atoms with Gasteiger partial charge in [0.15, 0.2) is 4.80 Å². The molecule has 0 radical (unpaired) electrons. The second kappa shape index (κ2) is 13.2. The van der Waals surface area contributed by atoms with Crippen LogP contribution in [0.15, 0.2) is 124 Å². The summed E-state index contributed by atoms with van der Waals surface area (Å²) in [5.74, 6) is 0.702. The van der Waals surface area contributed by atoms with Crippen LogP contribution in [0.25, 0.3) is 6.08 Å². The Kier molecular flexibility index (Phi) is 8.77. The van der Waals surface area contributed by atoms with Crippen LogP contribution in [0, 0.1) is 11.3 Å². The number of nitrogens with zero attached hydrogens (tertiary/aromatic N) is 3. The van der Waals surface area contributed by atoms with Crippen molar-refractivity contribution in [2.24, 2.45) is 4.99 Å². The van der Waals surface area contributed by atoms with Gasteiger partial charge in [-0.3, -0.25) is 14.2 Å². The first kappa shape index (κ1) is 30.5. The molecule has 228 valence electrons. The standard InChI is InChI=1S/C38H32N4O3S/c1-24(2)27-15-17-28(18-16-27)35-34(36(43)41-31-11-5-4-6-12-31)25(3)40-38-42(35)37(44)33(46-38)21-26-13-19-32(20-14-26)45-23-30-10-8-7-9-29(30)22-39/h4-21,24,35H,23H2,1-3H3,(H,41,43)/b33-21+/t35-/m0/s1. The first-order valence-electron chi connectivity index (χ1n) is 15.0.